The van der Waals surface area contributed by atoms with E-state index in [-0.39, 0.29) is 12.4 Å². The van der Waals surface area contributed by atoms with E-state index < -0.39 is 5.60 Å². The van der Waals surface area contributed by atoms with E-state index in [4.69, 9.17) is 4.74 Å². The Hall–Kier alpha value is -1.35. The van der Waals surface area contributed by atoms with Crippen molar-refractivity contribution in [3.63, 3.8) is 0 Å². The molecule has 0 atom stereocenters. The summed E-state index contributed by atoms with van der Waals surface area (Å²) in [5.41, 5.74) is -0.140. The van der Waals surface area contributed by atoms with Crippen LogP contribution in [0.1, 0.15) is 49.4 Å². The van der Waals surface area contributed by atoms with Crippen LogP contribution in [0.3, 0.4) is 0 Å². The Morgan fingerprint density at radius 3 is 2.61 bits per heavy atom. The SMILES string of the molecule is CC(=O)c1ccccc1OCC1(O)CCCCC1. The highest BCUT2D eigenvalue weighted by molar-refractivity contribution is 5.96. The van der Waals surface area contributed by atoms with Crippen LogP contribution in [0.25, 0.3) is 0 Å². The normalized spacial score (nSPS) is 18.3. The predicted octanol–water partition coefficient (Wildman–Crippen LogP) is 2.96. The van der Waals surface area contributed by atoms with E-state index in [2.05, 4.69) is 0 Å². The zero-order chi connectivity index (χ0) is 13.0. The second-order valence-corrected chi connectivity index (χ2v) is 5.13. The first-order chi connectivity index (χ1) is 8.61. The van der Waals surface area contributed by atoms with Gasteiger partial charge in [-0.3, -0.25) is 4.79 Å². The van der Waals surface area contributed by atoms with E-state index in [1.54, 1.807) is 12.1 Å². The monoisotopic (exact) mass is 248 g/mol. The molecule has 2 rings (SSSR count). The number of benzene rings is 1. The van der Waals surface area contributed by atoms with Crippen LogP contribution in [-0.4, -0.2) is 23.1 Å². The zero-order valence-electron chi connectivity index (χ0n) is 10.8. The molecule has 1 aliphatic carbocycles. The lowest BCUT2D eigenvalue weighted by Crippen LogP contribution is -2.38. The lowest BCUT2D eigenvalue weighted by molar-refractivity contribution is -0.0340. The van der Waals surface area contributed by atoms with Gasteiger partial charge >= 0.3 is 0 Å². The smallest absolute Gasteiger partial charge is 0.163 e. The van der Waals surface area contributed by atoms with Gasteiger partial charge in [-0.15, -0.1) is 0 Å². The van der Waals surface area contributed by atoms with Crippen molar-refractivity contribution >= 4 is 5.78 Å². The van der Waals surface area contributed by atoms with Gasteiger partial charge in [0.1, 0.15) is 12.4 Å². The molecule has 1 aromatic carbocycles. The first-order valence-electron chi connectivity index (χ1n) is 6.56. The summed E-state index contributed by atoms with van der Waals surface area (Å²) in [6.07, 6.45) is 4.86. The van der Waals surface area contributed by atoms with E-state index in [0.29, 0.717) is 11.3 Å². The van der Waals surface area contributed by atoms with E-state index in [0.717, 1.165) is 25.7 Å². The van der Waals surface area contributed by atoms with E-state index >= 15 is 0 Å². The predicted molar refractivity (Wildman–Crippen MR) is 70.0 cm³/mol. The Balaban J connectivity index is 2.03. The third-order valence-electron chi connectivity index (χ3n) is 3.55. The lowest BCUT2D eigenvalue weighted by Gasteiger charge is -2.31. The summed E-state index contributed by atoms with van der Waals surface area (Å²) >= 11 is 0. The minimum absolute atomic E-state index is 0.0127. The molecule has 0 unspecified atom stereocenters. The summed E-state index contributed by atoms with van der Waals surface area (Å²) in [5, 5.41) is 10.4. The molecule has 18 heavy (non-hydrogen) atoms. The number of para-hydroxylation sites is 1. The highest BCUT2D eigenvalue weighted by atomic mass is 16.5. The summed E-state index contributed by atoms with van der Waals surface area (Å²) in [7, 11) is 0. The number of Topliss-reactive ketones (excluding diaryl/α,β-unsaturated/α-hetero) is 1. The third-order valence-corrected chi connectivity index (χ3v) is 3.55. The fourth-order valence-electron chi connectivity index (χ4n) is 2.45. The maximum atomic E-state index is 11.5. The van der Waals surface area contributed by atoms with Gasteiger partial charge in [0.25, 0.3) is 0 Å². The van der Waals surface area contributed by atoms with Crippen molar-refractivity contribution in [2.24, 2.45) is 0 Å². The van der Waals surface area contributed by atoms with Gasteiger partial charge in [0.2, 0.25) is 0 Å². The molecule has 1 fully saturated rings. The van der Waals surface area contributed by atoms with Crippen LogP contribution in [0.4, 0.5) is 0 Å². The molecule has 0 aromatic heterocycles. The Labute approximate surface area is 108 Å². The van der Waals surface area contributed by atoms with Crippen LogP contribution in [0.15, 0.2) is 24.3 Å². The van der Waals surface area contributed by atoms with Crippen molar-refractivity contribution in [1.29, 1.82) is 0 Å². The Bertz CT molecular complexity index is 420. The first-order valence-corrected chi connectivity index (χ1v) is 6.56. The van der Waals surface area contributed by atoms with Crippen LogP contribution >= 0.6 is 0 Å². The number of carbonyl (C=O) groups excluding carboxylic acids is 1. The topological polar surface area (TPSA) is 46.5 Å². The largest absolute Gasteiger partial charge is 0.490 e. The van der Waals surface area contributed by atoms with Gasteiger partial charge in [-0.05, 0) is 31.9 Å². The molecule has 0 bridgehead atoms. The summed E-state index contributed by atoms with van der Waals surface area (Å²) in [6, 6.07) is 7.19. The summed E-state index contributed by atoms with van der Waals surface area (Å²) in [5.74, 6) is 0.560. The fraction of sp³-hybridized carbons (Fsp3) is 0.533. The number of hydrogen-bond acceptors (Lipinski definition) is 3. The zero-order valence-corrected chi connectivity index (χ0v) is 10.8. The minimum atomic E-state index is -0.720. The Morgan fingerprint density at radius 2 is 1.94 bits per heavy atom. The summed E-state index contributed by atoms with van der Waals surface area (Å²) in [4.78, 5) is 11.5. The average Bonchev–Trinajstić information content (AvgIpc) is 2.38. The molecule has 0 spiro atoms. The van der Waals surface area contributed by atoms with Crippen molar-refractivity contribution in [2.75, 3.05) is 6.61 Å². The number of aliphatic hydroxyl groups is 1. The Morgan fingerprint density at radius 1 is 1.28 bits per heavy atom. The van der Waals surface area contributed by atoms with Crippen LogP contribution in [0, 0.1) is 0 Å². The summed E-state index contributed by atoms with van der Waals surface area (Å²) in [6.45, 7) is 1.80. The standard InChI is InChI=1S/C15H20O3/c1-12(16)13-7-3-4-8-14(13)18-11-15(17)9-5-2-6-10-15/h3-4,7-8,17H,2,5-6,9-11H2,1H3. The quantitative estimate of drug-likeness (QED) is 0.833. The molecule has 1 saturated carbocycles. The molecule has 0 aliphatic heterocycles. The number of ether oxygens (including phenoxy) is 1. The van der Waals surface area contributed by atoms with E-state index in [1.807, 2.05) is 12.1 Å². The molecular weight excluding hydrogens is 228 g/mol. The molecule has 0 heterocycles. The molecule has 1 aliphatic rings. The van der Waals surface area contributed by atoms with E-state index in [1.165, 1.54) is 13.3 Å². The van der Waals surface area contributed by atoms with Crippen molar-refractivity contribution in [1.82, 2.24) is 0 Å². The van der Waals surface area contributed by atoms with Crippen LogP contribution in [-0.2, 0) is 0 Å². The third kappa shape index (κ3) is 3.10. The number of carbonyl (C=O) groups is 1. The molecule has 0 radical (unpaired) electrons. The fourth-order valence-corrected chi connectivity index (χ4v) is 2.45. The van der Waals surface area contributed by atoms with Gasteiger partial charge in [0, 0.05) is 0 Å². The summed E-state index contributed by atoms with van der Waals surface area (Å²) < 4.78 is 5.67. The number of rotatable bonds is 4. The minimum Gasteiger partial charge on any atom is -0.490 e. The molecular formula is C15H20O3. The average molecular weight is 248 g/mol. The lowest BCUT2D eigenvalue weighted by atomic mass is 9.85. The Kier molecular flexibility index (Phi) is 4.02. The molecule has 0 amide bonds. The van der Waals surface area contributed by atoms with Gasteiger partial charge < -0.3 is 9.84 Å². The maximum absolute atomic E-state index is 11.5. The van der Waals surface area contributed by atoms with Crippen LogP contribution in [0.5, 0.6) is 5.75 Å². The van der Waals surface area contributed by atoms with Gasteiger partial charge in [0.05, 0.1) is 11.2 Å². The molecule has 3 heteroatoms. The van der Waals surface area contributed by atoms with Crippen molar-refractivity contribution < 1.29 is 14.6 Å². The highest BCUT2D eigenvalue weighted by Gasteiger charge is 2.30. The second kappa shape index (κ2) is 5.53. The van der Waals surface area contributed by atoms with Crippen molar-refractivity contribution in [2.45, 2.75) is 44.6 Å². The second-order valence-electron chi connectivity index (χ2n) is 5.13. The van der Waals surface area contributed by atoms with E-state index in [9.17, 15) is 9.90 Å². The molecule has 3 nitrogen and oxygen atoms in total. The molecule has 1 aromatic rings. The molecule has 1 N–H and O–H groups in total. The number of hydrogen-bond donors (Lipinski definition) is 1. The first kappa shape index (κ1) is 13.1. The van der Waals surface area contributed by atoms with Crippen molar-refractivity contribution in [3.05, 3.63) is 29.8 Å². The van der Waals surface area contributed by atoms with Crippen molar-refractivity contribution in [3.8, 4) is 5.75 Å². The van der Waals surface area contributed by atoms with Gasteiger partial charge in [-0.25, -0.2) is 0 Å². The molecule has 0 saturated heterocycles. The highest BCUT2D eigenvalue weighted by Crippen LogP contribution is 2.29. The van der Waals surface area contributed by atoms with Gasteiger partial charge in [-0.1, -0.05) is 31.4 Å². The van der Waals surface area contributed by atoms with Crippen LogP contribution in [0.2, 0.25) is 0 Å². The molecule has 98 valence electrons. The van der Waals surface area contributed by atoms with Crippen LogP contribution < -0.4 is 4.74 Å². The van der Waals surface area contributed by atoms with Gasteiger partial charge in [0.15, 0.2) is 5.78 Å². The maximum Gasteiger partial charge on any atom is 0.163 e. The number of ketones is 1. The van der Waals surface area contributed by atoms with Gasteiger partial charge in [-0.2, -0.15) is 0 Å².